The molecule has 0 radical (unpaired) electrons. The van der Waals surface area contributed by atoms with Gasteiger partial charge in [0.25, 0.3) is 0 Å². The summed E-state index contributed by atoms with van der Waals surface area (Å²) in [6.45, 7) is 9.95. The Bertz CT molecular complexity index is 673. The highest BCUT2D eigenvalue weighted by atomic mass is 32.1. The number of benzene rings is 1. The number of nitrogens with one attached hydrogen (secondary N) is 1. The summed E-state index contributed by atoms with van der Waals surface area (Å²) in [5.41, 5.74) is 2.56. The second kappa shape index (κ2) is 7.79. The summed E-state index contributed by atoms with van der Waals surface area (Å²) in [7, 11) is 0. The first kappa shape index (κ1) is 17.0. The van der Waals surface area contributed by atoms with Gasteiger partial charge in [0.1, 0.15) is 5.01 Å². The molecule has 1 unspecified atom stereocenters. The summed E-state index contributed by atoms with van der Waals surface area (Å²) in [5.74, 6) is 1.61. The molecule has 1 aromatic heterocycles. The zero-order valence-corrected chi connectivity index (χ0v) is 15.6. The maximum atomic E-state index is 4.83. The van der Waals surface area contributed by atoms with Crippen molar-refractivity contribution in [2.75, 3.05) is 19.6 Å². The number of hydrogen-bond acceptors (Lipinski definition) is 3. The fraction of sp³-hybridized carbons (Fsp3) is 0.474. The van der Waals surface area contributed by atoms with Crippen LogP contribution in [0.1, 0.15) is 40.4 Å². The van der Waals surface area contributed by atoms with E-state index in [1.165, 1.54) is 16.9 Å². The minimum atomic E-state index is 0.597. The van der Waals surface area contributed by atoms with Gasteiger partial charge in [0.15, 0.2) is 5.96 Å². The third-order valence-electron chi connectivity index (χ3n) is 4.53. The number of nitrogens with zero attached hydrogens (tertiary/aromatic N) is 3. The molecule has 3 rings (SSSR count). The molecular weight excluding hydrogens is 316 g/mol. The fourth-order valence-corrected chi connectivity index (χ4v) is 3.98. The molecule has 1 N–H and O–H groups in total. The van der Waals surface area contributed by atoms with Gasteiger partial charge >= 0.3 is 0 Å². The summed E-state index contributed by atoms with van der Waals surface area (Å²) >= 11 is 1.75. The Morgan fingerprint density at radius 1 is 1.33 bits per heavy atom. The maximum absolute atomic E-state index is 4.83. The molecule has 1 saturated heterocycles. The van der Waals surface area contributed by atoms with Crippen LogP contribution in [0.15, 0.2) is 35.3 Å². The first-order valence-electron chi connectivity index (χ1n) is 8.68. The Hall–Kier alpha value is -1.88. The van der Waals surface area contributed by atoms with E-state index in [0.717, 1.165) is 36.3 Å². The lowest BCUT2D eigenvalue weighted by Gasteiger charge is -2.21. The first-order valence-corrected chi connectivity index (χ1v) is 9.50. The van der Waals surface area contributed by atoms with Gasteiger partial charge in [-0.25, -0.2) is 9.98 Å². The molecule has 1 atom stereocenters. The molecule has 1 aromatic carbocycles. The van der Waals surface area contributed by atoms with E-state index < -0.39 is 0 Å². The summed E-state index contributed by atoms with van der Waals surface area (Å²) in [6.07, 6.45) is 1.18. The van der Waals surface area contributed by atoms with E-state index in [1.807, 2.05) is 0 Å². The van der Waals surface area contributed by atoms with Crippen LogP contribution in [0, 0.1) is 13.8 Å². The highest BCUT2D eigenvalue weighted by molar-refractivity contribution is 7.11. The predicted molar refractivity (Wildman–Crippen MR) is 102 cm³/mol. The Morgan fingerprint density at radius 2 is 2.12 bits per heavy atom. The van der Waals surface area contributed by atoms with Crippen LogP contribution >= 0.6 is 11.3 Å². The molecule has 1 aliphatic heterocycles. The van der Waals surface area contributed by atoms with Gasteiger partial charge in [0.2, 0.25) is 0 Å². The van der Waals surface area contributed by atoms with E-state index in [2.05, 4.69) is 66.3 Å². The first-order chi connectivity index (χ1) is 11.7. The van der Waals surface area contributed by atoms with Crippen molar-refractivity contribution in [2.24, 2.45) is 4.99 Å². The van der Waals surface area contributed by atoms with Gasteiger partial charge in [-0.15, -0.1) is 11.3 Å². The zero-order chi connectivity index (χ0) is 16.9. The number of aromatic nitrogens is 1. The number of hydrogen-bond donors (Lipinski definition) is 1. The fourth-order valence-electron chi connectivity index (χ4n) is 3.13. The van der Waals surface area contributed by atoms with E-state index in [0.29, 0.717) is 12.5 Å². The Kier molecular flexibility index (Phi) is 5.51. The second-order valence-corrected chi connectivity index (χ2v) is 7.55. The van der Waals surface area contributed by atoms with Crippen LogP contribution in [0.2, 0.25) is 0 Å². The molecular formula is C19H26N4S. The molecule has 4 nitrogen and oxygen atoms in total. The molecule has 0 saturated carbocycles. The number of guanidine groups is 1. The number of likely N-dealkylation sites (tertiary alicyclic amines) is 1. The van der Waals surface area contributed by atoms with Crippen molar-refractivity contribution >= 4 is 17.3 Å². The third-order valence-corrected chi connectivity index (χ3v) is 5.59. The molecule has 24 heavy (non-hydrogen) atoms. The van der Waals surface area contributed by atoms with Crippen molar-refractivity contribution in [1.82, 2.24) is 15.2 Å². The monoisotopic (exact) mass is 342 g/mol. The van der Waals surface area contributed by atoms with Gasteiger partial charge in [0, 0.05) is 30.4 Å². The van der Waals surface area contributed by atoms with E-state index in [1.54, 1.807) is 11.3 Å². The van der Waals surface area contributed by atoms with Crippen LogP contribution < -0.4 is 5.32 Å². The van der Waals surface area contributed by atoms with Crippen LogP contribution in [0.4, 0.5) is 0 Å². The minimum Gasteiger partial charge on any atom is -0.357 e. The highest BCUT2D eigenvalue weighted by Crippen LogP contribution is 2.27. The molecule has 1 fully saturated rings. The maximum Gasteiger partial charge on any atom is 0.194 e. The molecule has 0 spiro atoms. The third kappa shape index (κ3) is 3.96. The Labute approximate surface area is 148 Å². The lowest BCUT2D eigenvalue weighted by molar-refractivity contribution is 0.486. The number of aliphatic imine (C=N–C) groups is 1. The number of rotatable bonds is 4. The molecule has 5 heteroatoms. The van der Waals surface area contributed by atoms with Gasteiger partial charge < -0.3 is 10.2 Å². The van der Waals surface area contributed by atoms with Crippen molar-refractivity contribution in [3.63, 3.8) is 0 Å². The largest absolute Gasteiger partial charge is 0.357 e. The summed E-state index contributed by atoms with van der Waals surface area (Å²) in [5, 5.41) is 4.54. The zero-order valence-electron chi connectivity index (χ0n) is 14.7. The van der Waals surface area contributed by atoms with Crippen LogP contribution in [0.5, 0.6) is 0 Å². The summed E-state index contributed by atoms with van der Waals surface area (Å²) < 4.78 is 0. The molecule has 0 bridgehead atoms. The van der Waals surface area contributed by atoms with E-state index in [9.17, 15) is 0 Å². The quantitative estimate of drug-likeness (QED) is 0.680. The van der Waals surface area contributed by atoms with Crippen molar-refractivity contribution in [3.05, 3.63) is 51.5 Å². The van der Waals surface area contributed by atoms with Gasteiger partial charge in [-0.3, -0.25) is 0 Å². The normalized spacial score (nSPS) is 18.2. The molecule has 2 heterocycles. The minimum absolute atomic E-state index is 0.597. The van der Waals surface area contributed by atoms with Crippen molar-refractivity contribution in [2.45, 2.75) is 39.7 Å². The molecule has 0 aliphatic carbocycles. The topological polar surface area (TPSA) is 40.5 Å². The number of thiazole rings is 1. The van der Waals surface area contributed by atoms with Crippen LogP contribution in [0.3, 0.4) is 0 Å². The average molecular weight is 343 g/mol. The number of aryl methyl sites for hydroxylation is 2. The van der Waals surface area contributed by atoms with E-state index >= 15 is 0 Å². The lowest BCUT2D eigenvalue weighted by atomic mass is 9.99. The van der Waals surface area contributed by atoms with Gasteiger partial charge in [-0.05, 0) is 32.8 Å². The average Bonchev–Trinajstić information content (AvgIpc) is 3.20. The predicted octanol–water partition coefficient (Wildman–Crippen LogP) is 3.71. The van der Waals surface area contributed by atoms with Crippen molar-refractivity contribution in [3.8, 4) is 0 Å². The standard InChI is InChI=1S/C19H26N4S/c1-4-20-19(21-12-18-22-14(2)15(3)24-18)23-11-10-17(13-23)16-8-6-5-7-9-16/h5-9,17H,4,10-13H2,1-3H3,(H,20,21). The SMILES string of the molecule is CCNC(=NCc1nc(C)c(C)s1)N1CCC(c2ccccc2)C1. The van der Waals surface area contributed by atoms with Gasteiger partial charge in [-0.1, -0.05) is 30.3 Å². The van der Waals surface area contributed by atoms with Gasteiger partial charge in [0.05, 0.1) is 12.2 Å². The van der Waals surface area contributed by atoms with Crippen LogP contribution in [-0.4, -0.2) is 35.5 Å². The summed E-state index contributed by atoms with van der Waals surface area (Å²) in [4.78, 5) is 13.1. The van der Waals surface area contributed by atoms with E-state index in [-0.39, 0.29) is 0 Å². The lowest BCUT2D eigenvalue weighted by Crippen LogP contribution is -2.40. The molecule has 2 aromatic rings. The van der Waals surface area contributed by atoms with Crippen LogP contribution in [-0.2, 0) is 6.54 Å². The Morgan fingerprint density at radius 3 is 2.79 bits per heavy atom. The molecule has 128 valence electrons. The molecule has 0 amide bonds. The Balaban J connectivity index is 1.68. The van der Waals surface area contributed by atoms with Crippen molar-refractivity contribution < 1.29 is 0 Å². The van der Waals surface area contributed by atoms with Crippen molar-refractivity contribution in [1.29, 1.82) is 0 Å². The van der Waals surface area contributed by atoms with E-state index in [4.69, 9.17) is 4.99 Å². The molecule has 1 aliphatic rings. The smallest absolute Gasteiger partial charge is 0.194 e. The highest BCUT2D eigenvalue weighted by Gasteiger charge is 2.25. The van der Waals surface area contributed by atoms with Gasteiger partial charge in [-0.2, -0.15) is 0 Å². The summed E-state index contributed by atoms with van der Waals surface area (Å²) in [6, 6.07) is 10.8. The van der Waals surface area contributed by atoms with Crippen LogP contribution in [0.25, 0.3) is 0 Å². The second-order valence-electron chi connectivity index (χ2n) is 6.26.